The fourth-order valence-corrected chi connectivity index (χ4v) is 5.57. The largest absolute Gasteiger partial charge is 0.474 e. The number of hydrogen-bond acceptors (Lipinski definition) is 7. The Kier molecular flexibility index (Phi) is 7.61. The predicted octanol–water partition coefficient (Wildman–Crippen LogP) is 2.44. The normalized spacial score (nSPS) is 21.0. The quantitative estimate of drug-likeness (QED) is 0.502. The van der Waals surface area contributed by atoms with Crippen LogP contribution in [0.3, 0.4) is 0 Å². The van der Waals surface area contributed by atoms with E-state index in [0.717, 1.165) is 6.42 Å². The first-order valence-electron chi connectivity index (χ1n) is 9.38. The van der Waals surface area contributed by atoms with Crippen molar-refractivity contribution >= 4 is 15.8 Å². The molecule has 3 atom stereocenters. The molecule has 1 aromatic heterocycles. The summed E-state index contributed by atoms with van der Waals surface area (Å²) in [6.07, 6.45) is 3.48. The Morgan fingerprint density at radius 2 is 2.07 bits per heavy atom. The fourth-order valence-electron chi connectivity index (χ4n) is 3.50. The van der Waals surface area contributed by atoms with E-state index in [1.54, 1.807) is 13.0 Å². The van der Waals surface area contributed by atoms with Crippen LogP contribution in [0.1, 0.15) is 51.1 Å². The molecule has 1 N–H and O–H groups in total. The first-order chi connectivity index (χ1) is 12.8. The highest BCUT2D eigenvalue weighted by Gasteiger charge is 2.44. The molecule has 27 heavy (non-hydrogen) atoms. The maximum Gasteiger partial charge on any atom is 0.309 e. The summed E-state index contributed by atoms with van der Waals surface area (Å²) < 4.78 is 37.2. The van der Waals surface area contributed by atoms with Gasteiger partial charge in [0.1, 0.15) is 4.90 Å². The summed E-state index contributed by atoms with van der Waals surface area (Å²) >= 11 is 0. The summed E-state index contributed by atoms with van der Waals surface area (Å²) in [5.74, 6) is -1.06. The molecular weight excluding hydrogens is 370 g/mol. The lowest BCUT2D eigenvalue weighted by molar-refractivity contribution is -0.145. The molecule has 8 heteroatoms. The molecule has 0 spiro atoms. The van der Waals surface area contributed by atoms with Crippen molar-refractivity contribution in [1.82, 2.24) is 4.98 Å². The number of sulfone groups is 1. The number of aliphatic hydroxyl groups is 1. The minimum atomic E-state index is -3.79. The van der Waals surface area contributed by atoms with Gasteiger partial charge in [-0.1, -0.05) is 6.42 Å². The van der Waals surface area contributed by atoms with Crippen molar-refractivity contribution in [3.63, 3.8) is 0 Å². The van der Waals surface area contributed by atoms with Crippen LogP contribution in [0.5, 0.6) is 5.88 Å². The average Bonchev–Trinajstić information content (AvgIpc) is 3.12. The number of nitrogens with zero attached hydrogens (tertiary/aromatic N) is 1. The van der Waals surface area contributed by atoms with E-state index in [4.69, 9.17) is 14.6 Å². The number of esters is 1. The first kappa shape index (κ1) is 21.6. The third-order valence-corrected chi connectivity index (χ3v) is 7.24. The van der Waals surface area contributed by atoms with Crippen LogP contribution in [-0.2, 0) is 19.4 Å². The number of pyridine rings is 1. The molecule has 1 aromatic rings. The lowest BCUT2D eigenvalue weighted by atomic mass is 10.1. The van der Waals surface area contributed by atoms with E-state index in [1.807, 2.05) is 6.92 Å². The zero-order valence-corrected chi connectivity index (χ0v) is 17.0. The number of aromatic nitrogens is 1. The Balaban J connectivity index is 2.29. The van der Waals surface area contributed by atoms with Gasteiger partial charge >= 0.3 is 5.97 Å². The number of ether oxygens (including phenoxy) is 2. The van der Waals surface area contributed by atoms with Crippen molar-refractivity contribution in [3.05, 3.63) is 17.8 Å². The number of unbranched alkanes of at least 4 members (excludes halogenated alkanes) is 1. The number of hydrogen-bond donors (Lipinski definition) is 1. The van der Waals surface area contributed by atoms with Gasteiger partial charge in [0.05, 0.1) is 24.4 Å². The number of aryl methyl sites for hydroxylation is 1. The van der Waals surface area contributed by atoms with Gasteiger partial charge in [0.2, 0.25) is 5.88 Å². The summed E-state index contributed by atoms with van der Waals surface area (Å²) in [4.78, 5) is 16.3. The highest BCUT2D eigenvalue weighted by molar-refractivity contribution is 7.92. The monoisotopic (exact) mass is 399 g/mol. The minimum absolute atomic E-state index is 0.0305. The Morgan fingerprint density at radius 1 is 1.33 bits per heavy atom. The highest BCUT2D eigenvalue weighted by Crippen LogP contribution is 2.38. The van der Waals surface area contributed by atoms with E-state index in [9.17, 15) is 13.2 Å². The number of rotatable bonds is 9. The molecule has 2 rings (SSSR count). The third-order valence-electron chi connectivity index (χ3n) is 4.96. The Hall–Kier alpha value is -1.67. The third kappa shape index (κ3) is 5.19. The molecule has 0 amide bonds. The SMILES string of the molecule is COC(=O)C1CCCC1S(=O)(=O)c1ccc(C)nc1O[C@H](C)CCCCO. The van der Waals surface area contributed by atoms with Gasteiger partial charge in [-0.2, -0.15) is 0 Å². The van der Waals surface area contributed by atoms with E-state index in [0.29, 0.717) is 37.8 Å². The molecule has 1 heterocycles. The van der Waals surface area contributed by atoms with Gasteiger partial charge in [0, 0.05) is 12.3 Å². The smallest absolute Gasteiger partial charge is 0.309 e. The second-order valence-electron chi connectivity index (χ2n) is 7.05. The number of carbonyl (C=O) groups excluding carboxylic acids is 1. The molecule has 2 unspecified atom stereocenters. The average molecular weight is 400 g/mol. The Labute approximate surface area is 161 Å². The summed E-state index contributed by atoms with van der Waals surface area (Å²) in [5.41, 5.74) is 0.655. The number of methoxy groups -OCH3 is 1. The molecule has 0 aliphatic heterocycles. The van der Waals surface area contributed by atoms with Crippen molar-refractivity contribution in [2.75, 3.05) is 13.7 Å². The Bertz CT molecular complexity index is 749. The van der Waals surface area contributed by atoms with Crippen LogP contribution in [0.2, 0.25) is 0 Å². The van der Waals surface area contributed by atoms with E-state index < -0.39 is 27.0 Å². The van der Waals surface area contributed by atoms with Crippen LogP contribution >= 0.6 is 0 Å². The molecule has 1 fully saturated rings. The summed E-state index contributed by atoms with van der Waals surface area (Å²) in [5, 5.41) is 8.08. The van der Waals surface area contributed by atoms with Crippen molar-refractivity contribution < 1.29 is 27.8 Å². The van der Waals surface area contributed by atoms with Crippen LogP contribution in [0.4, 0.5) is 0 Å². The maximum atomic E-state index is 13.3. The van der Waals surface area contributed by atoms with E-state index in [-0.39, 0.29) is 23.5 Å². The molecule has 1 aliphatic carbocycles. The van der Waals surface area contributed by atoms with E-state index >= 15 is 0 Å². The fraction of sp³-hybridized carbons (Fsp3) is 0.684. The van der Waals surface area contributed by atoms with Crippen LogP contribution < -0.4 is 4.74 Å². The zero-order chi connectivity index (χ0) is 20.0. The van der Waals surface area contributed by atoms with Crippen molar-refractivity contribution in [2.24, 2.45) is 5.92 Å². The van der Waals surface area contributed by atoms with Gasteiger partial charge < -0.3 is 14.6 Å². The lowest BCUT2D eigenvalue weighted by Gasteiger charge is -2.21. The second-order valence-corrected chi connectivity index (χ2v) is 9.18. The van der Waals surface area contributed by atoms with Gasteiger partial charge in [-0.25, -0.2) is 13.4 Å². The van der Waals surface area contributed by atoms with Crippen molar-refractivity contribution in [3.8, 4) is 5.88 Å². The number of aliphatic hydroxyl groups excluding tert-OH is 1. The van der Waals surface area contributed by atoms with Gasteiger partial charge in [-0.3, -0.25) is 4.79 Å². The maximum absolute atomic E-state index is 13.3. The van der Waals surface area contributed by atoms with Gasteiger partial charge in [-0.05, 0) is 58.1 Å². The van der Waals surface area contributed by atoms with Crippen LogP contribution in [-0.4, -0.2) is 49.5 Å². The van der Waals surface area contributed by atoms with Gasteiger partial charge in [0.25, 0.3) is 0 Å². The molecule has 152 valence electrons. The van der Waals surface area contributed by atoms with Crippen molar-refractivity contribution in [2.45, 2.75) is 68.6 Å². The van der Waals surface area contributed by atoms with Gasteiger partial charge in [0.15, 0.2) is 9.84 Å². The van der Waals surface area contributed by atoms with Crippen molar-refractivity contribution in [1.29, 1.82) is 0 Å². The summed E-state index contributed by atoms with van der Waals surface area (Å²) in [6, 6.07) is 3.15. The van der Waals surface area contributed by atoms with E-state index in [1.165, 1.54) is 13.2 Å². The molecule has 0 radical (unpaired) electrons. The van der Waals surface area contributed by atoms with Crippen LogP contribution in [0.25, 0.3) is 0 Å². The molecule has 0 saturated heterocycles. The molecular formula is C19H29NO6S. The number of carbonyl (C=O) groups is 1. The molecule has 7 nitrogen and oxygen atoms in total. The minimum Gasteiger partial charge on any atom is -0.474 e. The van der Waals surface area contributed by atoms with Gasteiger partial charge in [-0.15, -0.1) is 0 Å². The predicted molar refractivity (Wildman–Crippen MR) is 100 cm³/mol. The molecule has 0 aromatic carbocycles. The zero-order valence-electron chi connectivity index (χ0n) is 16.2. The summed E-state index contributed by atoms with van der Waals surface area (Å²) in [7, 11) is -2.51. The lowest BCUT2D eigenvalue weighted by Crippen LogP contribution is -2.32. The molecule has 0 bridgehead atoms. The highest BCUT2D eigenvalue weighted by atomic mass is 32.2. The van der Waals surface area contributed by atoms with Crippen LogP contribution in [0.15, 0.2) is 17.0 Å². The summed E-state index contributed by atoms with van der Waals surface area (Å²) in [6.45, 7) is 3.74. The Morgan fingerprint density at radius 3 is 2.74 bits per heavy atom. The topological polar surface area (TPSA) is 103 Å². The first-order valence-corrected chi connectivity index (χ1v) is 10.9. The molecule has 1 saturated carbocycles. The van der Waals surface area contributed by atoms with E-state index in [2.05, 4.69) is 4.98 Å². The van der Waals surface area contributed by atoms with Crippen LogP contribution in [0, 0.1) is 12.8 Å². The molecule has 1 aliphatic rings. The second kappa shape index (κ2) is 9.50. The standard InChI is InChI=1S/C19H29NO6S/c1-13-10-11-17(18(20-13)26-14(2)7-4-5-12-21)27(23,24)16-9-6-8-15(16)19(22)25-3/h10-11,14-16,21H,4-9,12H2,1-3H3/t14-,15?,16?/m1/s1.